The van der Waals surface area contributed by atoms with E-state index in [-0.39, 0.29) is 24.3 Å². The number of nitrogens with one attached hydrogen (secondary N) is 1. The summed E-state index contributed by atoms with van der Waals surface area (Å²) in [5.41, 5.74) is 2.61. The predicted molar refractivity (Wildman–Crippen MR) is 131 cm³/mol. The molecule has 4 rings (SSSR count). The number of rotatable bonds is 8. The van der Waals surface area contributed by atoms with E-state index in [1.165, 1.54) is 6.42 Å². The number of aryl methyl sites for hydroxylation is 1. The van der Waals surface area contributed by atoms with Crippen LogP contribution in [0.5, 0.6) is 5.88 Å². The third-order valence-corrected chi connectivity index (χ3v) is 6.79. The van der Waals surface area contributed by atoms with Crippen LogP contribution in [0.15, 0.2) is 36.4 Å². The number of pyridine rings is 1. The molecule has 7 heteroatoms. The minimum Gasteiger partial charge on any atom is -0.481 e. The smallest absolute Gasteiger partial charge is 0.303 e. The van der Waals surface area contributed by atoms with Crippen LogP contribution in [-0.4, -0.2) is 41.1 Å². The second kappa shape index (κ2) is 11.4. The number of amides is 1. The molecule has 1 aliphatic heterocycles. The van der Waals surface area contributed by atoms with Gasteiger partial charge in [0.25, 0.3) is 5.91 Å². The van der Waals surface area contributed by atoms with Crippen LogP contribution in [0.25, 0.3) is 0 Å². The number of carbonyl (C=O) groups excluding carboxylic acids is 1. The van der Waals surface area contributed by atoms with Gasteiger partial charge in [-0.25, -0.2) is 0 Å². The number of benzene rings is 1. The first-order chi connectivity index (χ1) is 16.5. The molecule has 2 aromatic rings. The van der Waals surface area contributed by atoms with Gasteiger partial charge in [0.2, 0.25) is 5.88 Å². The van der Waals surface area contributed by atoms with Gasteiger partial charge in [0.05, 0.1) is 0 Å². The number of aromatic nitrogens is 1. The first-order valence-corrected chi connectivity index (χ1v) is 12.4. The summed E-state index contributed by atoms with van der Waals surface area (Å²) in [6.45, 7) is 3.82. The van der Waals surface area contributed by atoms with Crippen LogP contribution in [0.1, 0.15) is 72.9 Å². The summed E-state index contributed by atoms with van der Waals surface area (Å²) < 4.78 is 6.12. The summed E-state index contributed by atoms with van der Waals surface area (Å²) in [4.78, 5) is 31.2. The predicted octanol–water partition coefficient (Wildman–Crippen LogP) is 4.72. The first kappa shape index (κ1) is 24.0. The molecule has 0 unspecified atom stereocenters. The van der Waals surface area contributed by atoms with E-state index >= 15 is 0 Å². The van der Waals surface area contributed by atoms with E-state index in [9.17, 15) is 14.7 Å². The van der Waals surface area contributed by atoms with Gasteiger partial charge in [-0.3, -0.25) is 9.59 Å². The maximum atomic E-state index is 13.2. The average molecular weight is 466 g/mol. The molecule has 2 N–H and O–H groups in total. The van der Waals surface area contributed by atoms with Gasteiger partial charge in [-0.15, -0.1) is 0 Å². The fourth-order valence-corrected chi connectivity index (χ4v) is 5.04. The molecule has 0 radical (unpaired) electrons. The van der Waals surface area contributed by atoms with Gasteiger partial charge in [-0.1, -0.05) is 49.1 Å². The average Bonchev–Trinajstić information content (AvgIpc) is 2.83. The van der Waals surface area contributed by atoms with Crippen molar-refractivity contribution in [3.05, 3.63) is 53.1 Å². The topological polar surface area (TPSA) is 91.8 Å². The number of anilines is 1. The van der Waals surface area contributed by atoms with E-state index in [4.69, 9.17) is 9.72 Å². The number of carboxylic acids is 1. The van der Waals surface area contributed by atoms with Crippen LogP contribution in [0.2, 0.25) is 0 Å². The minimum absolute atomic E-state index is 0.0963. The highest BCUT2D eigenvalue weighted by Crippen LogP contribution is 2.28. The van der Waals surface area contributed by atoms with Crippen molar-refractivity contribution in [2.75, 3.05) is 18.0 Å². The monoisotopic (exact) mass is 465 g/mol. The zero-order chi connectivity index (χ0) is 23.9. The second-order valence-electron chi connectivity index (χ2n) is 9.66. The Bertz CT molecular complexity index is 1000. The Kier molecular flexibility index (Phi) is 8.03. The lowest BCUT2D eigenvalue weighted by atomic mass is 9.95. The van der Waals surface area contributed by atoms with Crippen molar-refractivity contribution in [1.29, 1.82) is 0 Å². The van der Waals surface area contributed by atoms with Crippen LogP contribution in [0.3, 0.4) is 0 Å². The van der Waals surface area contributed by atoms with Crippen molar-refractivity contribution < 1.29 is 19.4 Å². The summed E-state index contributed by atoms with van der Waals surface area (Å²) in [7, 11) is 0. The summed E-state index contributed by atoms with van der Waals surface area (Å²) in [5.74, 6) is 0.236. The van der Waals surface area contributed by atoms with Gasteiger partial charge < -0.3 is 20.1 Å². The molecule has 0 bridgehead atoms. The van der Waals surface area contributed by atoms with Gasteiger partial charge in [-0.05, 0) is 56.2 Å². The molecule has 1 aliphatic carbocycles. The second-order valence-corrected chi connectivity index (χ2v) is 9.66. The molecule has 1 amide bonds. The van der Waals surface area contributed by atoms with Crippen molar-refractivity contribution in [2.24, 2.45) is 5.92 Å². The van der Waals surface area contributed by atoms with E-state index in [0.717, 1.165) is 62.0 Å². The molecule has 1 atom stereocenters. The largest absolute Gasteiger partial charge is 0.481 e. The third kappa shape index (κ3) is 6.49. The molecule has 2 fully saturated rings. The zero-order valence-electron chi connectivity index (χ0n) is 20.0. The number of nitrogens with zero attached hydrogens (tertiary/aromatic N) is 2. The Morgan fingerprint density at radius 1 is 1.12 bits per heavy atom. The maximum absolute atomic E-state index is 13.2. The van der Waals surface area contributed by atoms with Gasteiger partial charge in [0.15, 0.2) is 0 Å². The van der Waals surface area contributed by atoms with Crippen LogP contribution in [0, 0.1) is 12.8 Å². The Hall–Kier alpha value is -3.09. The number of hydrogen-bond acceptors (Lipinski definition) is 5. The summed E-state index contributed by atoms with van der Waals surface area (Å²) >= 11 is 0. The van der Waals surface area contributed by atoms with Crippen LogP contribution in [-0.2, 0) is 11.4 Å². The summed E-state index contributed by atoms with van der Waals surface area (Å²) in [6, 6.07) is 11.9. The van der Waals surface area contributed by atoms with Crippen LogP contribution >= 0.6 is 0 Å². The van der Waals surface area contributed by atoms with Crippen molar-refractivity contribution in [3.63, 3.8) is 0 Å². The van der Waals surface area contributed by atoms with Gasteiger partial charge in [-0.2, -0.15) is 4.98 Å². The maximum Gasteiger partial charge on any atom is 0.303 e. The Labute approximate surface area is 201 Å². The van der Waals surface area contributed by atoms with Gasteiger partial charge >= 0.3 is 5.97 Å². The number of hydrogen-bond donors (Lipinski definition) is 2. The fourth-order valence-electron chi connectivity index (χ4n) is 5.04. The van der Waals surface area contributed by atoms with Crippen LogP contribution in [0.4, 0.5) is 5.82 Å². The number of carbonyl (C=O) groups is 2. The van der Waals surface area contributed by atoms with E-state index in [1.807, 2.05) is 31.2 Å². The van der Waals surface area contributed by atoms with Crippen molar-refractivity contribution in [3.8, 4) is 5.88 Å². The van der Waals surface area contributed by atoms with Crippen molar-refractivity contribution in [2.45, 2.75) is 70.9 Å². The number of ether oxygens (including phenoxy) is 1. The van der Waals surface area contributed by atoms with Gasteiger partial charge in [0, 0.05) is 25.6 Å². The lowest BCUT2D eigenvalue weighted by Gasteiger charge is -2.33. The van der Waals surface area contributed by atoms with E-state index < -0.39 is 5.97 Å². The van der Waals surface area contributed by atoms with E-state index in [1.54, 1.807) is 6.07 Å². The van der Waals surface area contributed by atoms with Gasteiger partial charge in [0.1, 0.15) is 18.0 Å². The lowest BCUT2D eigenvalue weighted by Crippen LogP contribution is -2.37. The molecule has 1 aromatic carbocycles. The number of carboxylic acid groups (broad SMARTS) is 1. The summed E-state index contributed by atoms with van der Waals surface area (Å²) in [6.07, 6.45) is 7.52. The molecule has 1 aromatic heterocycles. The quantitative estimate of drug-likeness (QED) is 0.586. The first-order valence-electron chi connectivity index (χ1n) is 12.4. The molecule has 2 heterocycles. The van der Waals surface area contributed by atoms with E-state index in [2.05, 4.69) is 16.3 Å². The fraction of sp³-hybridized carbons (Fsp3) is 0.519. The lowest BCUT2D eigenvalue weighted by molar-refractivity contribution is -0.138. The molecule has 0 spiro atoms. The molecule has 7 nitrogen and oxygen atoms in total. The highest BCUT2D eigenvalue weighted by molar-refractivity contribution is 5.96. The standard InChI is InChI=1S/C27H35N3O4/c1-19-7-5-8-21(15-19)18-34-27-23(26(33)28-22-10-3-2-4-11-22)12-13-24(29-27)30-14-6-9-20(17-30)16-25(31)32/h5,7-8,12-13,15,20,22H,2-4,6,9-11,14,16-18H2,1H3,(H,28,33)(H,31,32)/t20-/m0/s1. The minimum atomic E-state index is -0.767. The number of piperidine rings is 1. The molecule has 1 saturated heterocycles. The van der Waals surface area contributed by atoms with E-state index in [0.29, 0.717) is 24.6 Å². The molecular formula is C27H35N3O4. The molecule has 1 saturated carbocycles. The molecule has 34 heavy (non-hydrogen) atoms. The SMILES string of the molecule is Cc1cccc(COc2nc(N3CCC[C@@H](CC(=O)O)C3)ccc2C(=O)NC2CCCCC2)c1. The molecule has 182 valence electrons. The Morgan fingerprint density at radius 2 is 1.94 bits per heavy atom. The van der Waals surface area contributed by atoms with Crippen LogP contribution < -0.4 is 15.0 Å². The Morgan fingerprint density at radius 3 is 2.71 bits per heavy atom. The third-order valence-electron chi connectivity index (χ3n) is 6.79. The molecular weight excluding hydrogens is 430 g/mol. The number of aliphatic carboxylic acids is 1. The molecule has 2 aliphatic rings. The normalized spacial score (nSPS) is 19.0. The zero-order valence-corrected chi connectivity index (χ0v) is 20.0. The highest BCUT2D eigenvalue weighted by atomic mass is 16.5. The highest BCUT2D eigenvalue weighted by Gasteiger charge is 2.25. The Balaban J connectivity index is 1.54. The van der Waals surface area contributed by atoms with Crippen molar-refractivity contribution in [1.82, 2.24) is 10.3 Å². The summed E-state index contributed by atoms with van der Waals surface area (Å²) in [5, 5.41) is 12.4. The van der Waals surface area contributed by atoms with Crippen molar-refractivity contribution >= 4 is 17.7 Å².